The summed E-state index contributed by atoms with van der Waals surface area (Å²) < 4.78 is 0. The number of amides is 1. The first-order valence-corrected chi connectivity index (χ1v) is 8.85. The second-order valence-corrected chi connectivity index (χ2v) is 6.47. The molecule has 0 saturated carbocycles. The molecule has 3 aromatic carbocycles. The van der Waals surface area contributed by atoms with Gasteiger partial charge in [-0.1, -0.05) is 72.3 Å². The summed E-state index contributed by atoms with van der Waals surface area (Å²) in [5, 5.41) is 5.72. The Bertz CT molecular complexity index is 1120. The number of carbonyl (C=O) groups excluding carboxylic acids is 1. The minimum Gasteiger partial charge on any atom is -0.350 e. The van der Waals surface area contributed by atoms with Gasteiger partial charge in [-0.15, -0.1) is 0 Å². The van der Waals surface area contributed by atoms with E-state index in [-0.39, 0.29) is 5.91 Å². The Balaban J connectivity index is 1.66. The quantitative estimate of drug-likeness (QED) is 0.372. The monoisotopic (exact) mass is 373 g/mol. The first kappa shape index (κ1) is 17.1. The number of halogens is 1. The van der Waals surface area contributed by atoms with Crippen molar-refractivity contribution in [2.75, 3.05) is 0 Å². The molecule has 0 radical (unpaired) electrons. The zero-order chi connectivity index (χ0) is 18.6. The average Bonchev–Trinajstić information content (AvgIpc) is 3.10. The number of nitrogens with zero attached hydrogens (tertiary/aromatic N) is 1. The van der Waals surface area contributed by atoms with Crippen molar-refractivity contribution in [1.29, 1.82) is 0 Å². The lowest BCUT2D eigenvalue weighted by molar-refractivity contribution is 0.0951. The third-order valence-corrected chi connectivity index (χ3v) is 4.50. The third-order valence-electron chi connectivity index (χ3n) is 4.25. The average molecular weight is 374 g/mol. The summed E-state index contributed by atoms with van der Waals surface area (Å²) in [5.74, 6) is -0.296. The molecule has 2 N–H and O–H groups in total. The van der Waals surface area contributed by atoms with Crippen LogP contribution in [0.1, 0.15) is 16.1 Å². The molecule has 4 nitrogen and oxygen atoms in total. The summed E-state index contributed by atoms with van der Waals surface area (Å²) in [6.45, 7) is 0. The van der Waals surface area contributed by atoms with Crippen molar-refractivity contribution in [3.8, 4) is 11.1 Å². The Morgan fingerprint density at radius 3 is 2.41 bits per heavy atom. The van der Waals surface area contributed by atoms with Gasteiger partial charge in [0, 0.05) is 21.5 Å². The number of hydrogen-bond acceptors (Lipinski definition) is 2. The van der Waals surface area contributed by atoms with E-state index in [2.05, 4.69) is 15.5 Å². The van der Waals surface area contributed by atoms with Gasteiger partial charge in [0.15, 0.2) is 0 Å². The van der Waals surface area contributed by atoms with Crippen molar-refractivity contribution < 1.29 is 4.79 Å². The molecule has 27 heavy (non-hydrogen) atoms. The number of hydrogen-bond donors (Lipinski definition) is 2. The van der Waals surface area contributed by atoms with Gasteiger partial charge in [-0.25, -0.2) is 5.43 Å². The molecule has 0 aliphatic heterocycles. The van der Waals surface area contributed by atoms with E-state index in [1.807, 2.05) is 66.7 Å². The fraction of sp³-hybridized carbons (Fsp3) is 0. The van der Waals surface area contributed by atoms with Crippen molar-refractivity contribution in [1.82, 2.24) is 10.4 Å². The normalized spacial score (nSPS) is 11.1. The van der Waals surface area contributed by atoms with Crippen LogP contribution in [0.15, 0.2) is 84.0 Å². The SMILES string of the molecule is O=C(NN=Cc1ccc(Cl)cc1)c1[nH]c2ccccc2c1-c1ccccc1. The van der Waals surface area contributed by atoms with Gasteiger partial charge in [-0.05, 0) is 29.3 Å². The molecule has 4 aromatic rings. The van der Waals surface area contributed by atoms with Gasteiger partial charge in [0.2, 0.25) is 0 Å². The maximum atomic E-state index is 12.8. The second-order valence-electron chi connectivity index (χ2n) is 6.04. The topological polar surface area (TPSA) is 57.2 Å². The standard InChI is InChI=1S/C22H16ClN3O/c23-17-12-10-15(11-13-17)14-24-26-22(27)21-20(16-6-2-1-3-7-16)18-8-4-5-9-19(18)25-21/h1-14,25H,(H,26,27). The van der Waals surface area contributed by atoms with Crippen molar-refractivity contribution in [3.63, 3.8) is 0 Å². The first-order valence-electron chi connectivity index (χ1n) is 8.47. The van der Waals surface area contributed by atoms with Crippen LogP contribution in [0.2, 0.25) is 5.02 Å². The van der Waals surface area contributed by atoms with Gasteiger partial charge >= 0.3 is 0 Å². The number of carbonyl (C=O) groups is 1. The van der Waals surface area contributed by atoms with E-state index < -0.39 is 0 Å². The molecule has 0 atom stereocenters. The van der Waals surface area contributed by atoms with Crippen LogP contribution in [-0.2, 0) is 0 Å². The predicted octanol–water partition coefficient (Wildman–Crippen LogP) is 5.25. The number of para-hydroxylation sites is 1. The Labute approximate surface area is 161 Å². The molecule has 0 aliphatic carbocycles. The van der Waals surface area contributed by atoms with Crippen LogP contribution in [0, 0.1) is 0 Å². The van der Waals surface area contributed by atoms with Gasteiger partial charge in [0.25, 0.3) is 5.91 Å². The highest BCUT2D eigenvalue weighted by atomic mass is 35.5. The Morgan fingerprint density at radius 2 is 1.63 bits per heavy atom. The van der Waals surface area contributed by atoms with Crippen molar-refractivity contribution >= 4 is 34.6 Å². The summed E-state index contributed by atoms with van der Waals surface area (Å²) in [4.78, 5) is 16.0. The minimum absolute atomic E-state index is 0.296. The molecule has 0 unspecified atom stereocenters. The van der Waals surface area contributed by atoms with Crippen LogP contribution in [-0.4, -0.2) is 17.1 Å². The number of aromatic amines is 1. The fourth-order valence-electron chi connectivity index (χ4n) is 2.99. The van der Waals surface area contributed by atoms with Crippen LogP contribution in [0.25, 0.3) is 22.0 Å². The third kappa shape index (κ3) is 3.61. The van der Waals surface area contributed by atoms with Gasteiger partial charge in [-0.3, -0.25) is 4.79 Å². The molecule has 1 heterocycles. The smallest absolute Gasteiger partial charge is 0.288 e. The Kier molecular flexibility index (Phi) is 4.73. The van der Waals surface area contributed by atoms with Gasteiger partial charge < -0.3 is 4.98 Å². The van der Waals surface area contributed by atoms with Crippen molar-refractivity contribution in [3.05, 3.63) is 95.1 Å². The number of aromatic nitrogens is 1. The number of benzene rings is 3. The van der Waals surface area contributed by atoms with E-state index in [4.69, 9.17) is 11.6 Å². The van der Waals surface area contributed by atoms with Crippen LogP contribution < -0.4 is 5.43 Å². The molecule has 4 rings (SSSR count). The molecule has 0 fully saturated rings. The number of fused-ring (bicyclic) bond motifs is 1. The fourth-order valence-corrected chi connectivity index (χ4v) is 3.11. The number of H-pyrrole nitrogens is 1. The summed E-state index contributed by atoms with van der Waals surface area (Å²) in [5.41, 5.74) is 6.67. The van der Waals surface area contributed by atoms with Crippen molar-refractivity contribution in [2.24, 2.45) is 5.10 Å². The van der Waals surface area contributed by atoms with E-state index in [9.17, 15) is 4.79 Å². The molecule has 5 heteroatoms. The van der Waals surface area contributed by atoms with Gasteiger partial charge in [0.1, 0.15) is 5.69 Å². The van der Waals surface area contributed by atoms with E-state index in [1.165, 1.54) is 0 Å². The molecule has 1 amide bonds. The molecule has 132 valence electrons. The highest BCUT2D eigenvalue weighted by Gasteiger charge is 2.18. The molecule has 0 spiro atoms. The molecule has 0 bridgehead atoms. The molecule has 0 saturated heterocycles. The van der Waals surface area contributed by atoms with E-state index in [0.29, 0.717) is 10.7 Å². The second kappa shape index (κ2) is 7.48. The van der Waals surface area contributed by atoms with Crippen LogP contribution in [0.4, 0.5) is 0 Å². The van der Waals surface area contributed by atoms with Crippen LogP contribution in [0.5, 0.6) is 0 Å². The van der Waals surface area contributed by atoms with E-state index >= 15 is 0 Å². The number of hydrazone groups is 1. The molecule has 0 aliphatic rings. The Morgan fingerprint density at radius 1 is 0.926 bits per heavy atom. The lowest BCUT2D eigenvalue weighted by Gasteiger charge is -2.04. The zero-order valence-corrected chi connectivity index (χ0v) is 15.1. The van der Waals surface area contributed by atoms with Crippen molar-refractivity contribution in [2.45, 2.75) is 0 Å². The Hall–Kier alpha value is -3.37. The largest absolute Gasteiger partial charge is 0.350 e. The molecular weight excluding hydrogens is 358 g/mol. The minimum atomic E-state index is -0.296. The zero-order valence-electron chi connectivity index (χ0n) is 14.3. The number of nitrogens with one attached hydrogen (secondary N) is 2. The summed E-state index contributed by atoms with van der Waals surface area (Å²) in [6.07, 6.45) is 1.58. The summed E-state index contributed by atoms with van der Waals surface area (Å²) >= 11 is 5.87. The van der Waals surface area contributed by atoms with Crippen LogP contribution in [0.3, 0.4) is 0 Å². The lowest BCUT2D eigenvalue weighted by Crippen LogP contribution is -2.18. The first-order chi connectivity index (χ1) is 13.2. The van der Waals surface area contributed by atoms with E-state index in [1.54, 1.807) is 18.3 Å². The number of rotatable bonds is 4. The van der Waals surface area contributed by atoms with Gasteiger partial charge in [-0.2, -0.15) is 5.10 Å². The van der Waals surface area contributed by atoms with E-state index in [0.717, 1.165) is 27.6 Å². The lowest BCUT2D eigenvalue weighted by atomic mass is 10.0. The molecular formula is C22H16ClN3O. The maximum absolute atomic E-state index is 12.8. The molecule has 1 aromatic heterocycles. The maximum Gasteiger partial charge on any atom is 0.288 e. The summed E-state index contributed by atoms with van der Waals surface area (Å²) in [7, 11) is 0. The highest BCUT2D eigenvalue weighted by molar-refractivity contribution is 6.30. The van der Waals surface area contributed by atoms with Gasteiger partial charge in [0.05, 0.1) is 6.21 Å². The summed E-state index contributed by atoms with van der Waals surface area (Å²) in [6, 6.07) is 24.9. The van der Waals surface area contributed by atoms with Crippen LogP contribution >= 0.6 is 11.6 Å². The predicted molar refractivity (Wildman–Crippen MR) is 110 cm³/mol. The highest BCUT2D eigenvalue weighted by Crippen LogP contribution is 2.32.